The van der Waals surface area contributed by atoms with Crippen molar-refractivity contribution >= 4 is 147 Å². The maximum absolute atomic E-state index is 11.3. The molecule has 0 bridgehead atoms. The molecule has 0 fully saturated rings. The molecule has 0 aliphatic rings. The Hall–Kier alpha value is 1.14. The normalized spacial score (nSPS) is 11.0. The van der Waals surface area contributed by atoms with Crippen LogP contribution in [0, 0.1) is 0 Å². The molecule has 3 aromatic rings. The molecule has 4 N–H and O–H groups in total. The molecule has 0 heterocycles. The van der Waals surface area contributed by atoms with E-state index >= 15 is 0 Å². The average molecular weight is 521 g/mol. The molecular formula is C18H19K2O7PS2. The molecule has 0 spiro atoms. The molecule has 152 valence electrons. The van der Waals surface area contributed by atoms with Crippen LogP contribution in [0.4, 0.5) is 0 Å². The van der Waals surface area contributed by atoms with Crippen LogP contribution < -0.4 is 15.9 Å². The Labute approximate surface area is 262 Å². The second kappa shape index (κ2) is 13.1. The molecule has 3 rings (SSSR count). The van der Waals surface area contributed by atoms with Crippen molar-refractivity contribution in [2.24, 2.45) is 0 Å². The molecule has 0 saturated carbocycles. The minimum absolute atomic E-state index is 0. The molecule has 7 nitrogen and oxygen atoms in total. The number of rotatable bonds is 5. The molecule has 0 unspecified atom stereocenters. The van der Waals surface area contributed by atoms with E-state index in [9.17, 15) is 16.8 Å². The summed E-state index contributed by atoms with van der Waals surface area (Å²) in [5, 5.41) is 2.62. The molecule has 0 saturated heterocycles. The Kier molecular flexibility index (Phi) is 13.6. The van der Waals surface area contributed by atoms with Crippen LogP contribution >= 0.6 is 7.92 Å². The Morgan fingerprint density at radius 3 is 1.13 bits per heavy atom. The van der Waals surface area contributed by atoms with Gasteiger partial charge in [-0.1, -0.05) is 54.6 Å². The van der Waals surface area contributed by atoms with Crippen LogP contribution in [-0.2, 0) is 20.2 Å². The van der Waals surface area contributed by atoms with Crippen molar-refractivity contribution in [2.75, 3.05) is 0 Å². The van der Waals surface area contributed by atoms with E-state index in [1.54, 1.807) is 24.3 Å². The fraction of sp³-hybridized carbons (Fsp3) is 0. The number of benzene rings is 3. The van der Waals surface area contributed by atoms with Gasteiger partial charge in [0.1, 0.15) is 0 Å². The summed E-state index contributed by atoms with van der Waals surface area (Å²) in [4.78, 5) is -0.396. The number of hydrogen-bond acceptors (Lipinski definition) is 4. The van der Waals surface area contributed by atoms with Gasteiger partial charge in [-0.3, -0.25) is 9.11 Å². The first-order chi connectivity index (χ1) is 12.7. The van der Waals surface area contributed by atoms with Gasteiger partial charge in [0.05, 0.1) is 9.79 Å². The third-order valence-electron chi connectivity index (χ3n) is 3.80. The maximum atomic E-state index is 11.3. The standard InChI is InChI=1S/C18H15O6PS2.2K.H2O.2H/c19-26(20,21)17-10-6-15(7-11-17)25(14-4-2-1-3-5-14)16-8-12-18(13-9-16)27(22,23)24;;;;;/h1-13H,(H,19,20,21)(H,22,23,24);;;1H2;;. The van der Waals surface area contributed by atoms with Gasteiger partial charge in [-0.25, -0.2) is 0 Å². The number of hydrogen-bond donors (Lipinski definition) is 2. The fourth-order valence-corrected chi connectivity index (χ4v) is 5.78. The van der Waals surface area contributed by atoms with Crippen molar-refractivity contribution in [3.05, 3.63) is 78.9 Å². The van der Waals surface area contributed by atoms with Crippen molar-refractivity contribution in [3.8, 4) is 0 Å². The first-order valence-corrected chi connectivity index (χ1v) is 11.9. The van der Waals surface area contributed by atoms with E-state index in [0.29, 0.717) is 0 Å². The molecule has 0 aliphatic heterocycles. The first-order valence-electron chi connectivity index (χ1n) is 7.66. The van der Waals surface area contributed by atoms with E-state index < -0.39 is 28.2 Å². The minimum atomic E-state index is -4.28. The predicted molar refractivity (Wildman–Crippen MR) is 123 cm³/mol. The zero-order valence-electron chi connectivity index (χ0n) is 14.3. The summed E-state index contributed by atoms with van der Waals surface area (Å²) < 4.78 is 63.4. The SMILES string of the molecule is O.O=S(=O)(O)c1ccc(P(c2ccccc2)c2ccc(S(=O)(=O)O)cc2)cc1.[KH].[KH]. The summed E-state index contributed by atoms with van der Waals surface area (Å²) in [7, 11) is -9.66. The van der Waals surface area contributed by atoms with Crippen molar-refractivity contribution in [2.45, 2.75) is 9.79 Å². The van der Waals surface area contributed by atoms with Gasteiger partial charge in [-0.05, 0) is 48.1 Å². The monoisotopic (exact) mass is 520 g/mol. The zero-order chi connectivity index (χ0) is 19.7. The molecular weight excluding hydrogens is 501 g/mol. The summed E-state index contributed by atoms with van der Waals surface area (Å²) in [5.74, 6) is 0. The molecule has 0 atom stereocenters. The van der Waals surface area contributed by atoms with Gasteiger partial charge in [0.2, 0.25) is 0 Å². The third-order valence-corrected chi connectivity index (χ3v) is 7.98. The van der Waals surface area contributed by atoms with Gasteiger partial charge in [-0.15, -0.1) is 0 Å². The second-order valence-electron chi connectivity index (χ2n) is 5.61. The molecule has 12 heteroatoms. The van der Waals surface area contributed by atoms with Crippen molar-refractivity contribution in [1.29, 1.82) is 0 Å². The Balaban J connectivity index is 0.00000280. The topological polar surface area (TPSA) is 140 Å². The summed E-state index contributed by atoms with van der Waals surface area (Å²) >= 11 is 0. The summed E-state index contributed by atoms with van der Waals surface area (Å²) in [6.07, 6.45) is 0. The van der Waals surface area contributed by atoms with Gasteiger partial charge in [0.25, 0.3) is 20.2 Å². The summed E-state index contributed by atoms with van der Waals surface area (Å²) in [6.45, 7) is 0. The van der Waals surface area contributed by atoms with Crippen LogP contribution in [0.5, 0.6) is 0 Å². The van der Waals surface area contributed by atoms with Gasteiger partial charge in [0.15, 0.2) is 0 Å². The predicted octanol–water partition coefficient (Wildman–Crippen LogP) is -0.183. The zero-order valence-corrected chi connectivity index (χ0v) is 16.8. The van der Waals surface area contributed by atoms with E-state index in [4.69, 9.17) is 9.11 Å². The van der Waals surface area contributed by atoms with Crippen molar-refractivity contribution < 1.29 is 31.4 Å². The van der Waals surface area contributed by atoms with E-state index in [-0.39, 0.29) is 118 Å². The van der Waals surface area contributed by atoms with E-state index in [1.807, 2.05) is 30.3 Å². The summed E-state index contributed by atoms with van der Waals surface area (Å²) in [6, 6.07) is 21.3. The van der Waals surface area contributed by atoms with E-state index in [2.05, 4.69) is 0 Å². The van der Waals surface area contributed by atoms with Crippen LogP contribution in [0.25, 0.3) is 0 Å². The molecule has 0 amide bonds. The van der Waals surface area contributed by atoms with Gasteiger partial charge in [-0.2, -0.15) is 16.8 Å². The van der Waals surface area contributed by atoms with Crippen LogP contribution in [0.2, 0.25) is 0 Å². The van der Waals surface area contributed by atoms with E-state index in [0.717, 1.165) is 15.9 Å². The molecule has 3 aromatic carbocycles. The van der Waals surface area contributed by atoms with Crippen LogP contribution in [0.1, 0.15) is 0 Å². The van der Waals surface area contributed by atoms with Crippen molar-refractivity contribution in [3.63, 3.8) is 0 Å². The van der Waals surface area contributed by atoms with Gasteiger partial charge < -0.3 is 5.48 Å². The van der Waals surface area contributed by atoms with E-state index in [1.165, 1.54) is 24.3 Å². The fourth-order valence-electron chi connectivity index (χ4n) is 2.56. The quantitative estimate of drug-likeness (QED) is 0.272. The Morgan fingerprint density at radius 2 is 0.833 bits per heavy atom. The van der Waals surface area contributed by atoms with Crippen LogP contribution in [-0.4, -0.2) is 134 Å². The molecule has 30 heavy (non-hydrogen) atoms. The van der Waals surface area contributed by atoms with Crippen LogP contribution in [0.15, 0.2) is 88.7 Å². The van der Waals surface area contributed by atoms with Gasteiger partial charge >= 0.3 is 103 Å². The average Bonchev–Trinajstić information content (AvgIpc) is 2.62. The van der Waals surface area contributed by atoms with Crippen LogP contribution in [0.3, 0.4) is 0 Å². The molecule has 0 radical (unpaired) electrons. The third kappa shape index (κ3) is 8.17. The Morgan fingerprint density at radius 1 is 0.533 bits per heavy atom. The molecule has 0 aliphatic carbocycles. The molecule has 0 aromatic heterocycles. The Bertz CT molecular complexity index is 1080. The summed E-state index contributed by atoms with van der Waals surface area (Å²) in [5.41, 5.74) is 0. The second-order valence-corrected chi connectivity index (χ2v) is 10.7. The first kappa shape index (κ1) is 31.1. The van der Waals surface area contributed by atoms with Crippen molar-refractivity contribution in [1.82, 2.24) is 0 Å². The van der Waals surface area contributed by atoms with Gasteiger partial charge in [0, 0.05) is 0 Å².